The fourth-order valence-corrected chi connectivity index (χ4v) is 3.65. The predicted octanol–water partition coefficient (Wildman–Crippen LogP) is 2.38. The highest BCUT2D eigenvalue weighted by Crippen LogP contribution is 2.23. The van der Waals surface area contributed by atoms with Crippen molar-refractivity contribution in [2.24, 2.45) is 5.92 Å². The van der Waals surface area contributed by atoms with Gasteiger partial charge in [0.25, 0.3) is 5.56 Å². The van der Waals surface area contributed by atoms with E-state index >= 15 is 0 Å². The number of benzene rings is 1. The Hall–Kier alpha value is -2.63. The number of piperidine rings is 1. The summed E-state index contributed by atoms with van der Waals surface area (Å²) in [5, 5.41) is 4.34. The van der Waals surface area contributed by atoms with Gasteiger partial charge in [-0.15, -0.1) is 0 Å². The molecule has 27 heavy (non-hydrogen) atoms. The molecule has 0 unspecified atom stereocenters. The van der Waals surface area contributed by atoms with Gasteiger partial charge in [0.05, 0.1) is 18.4 Å². The van der Waals surface area contributed by atoms with E-state index in [1.54, 1.807) is 12.3 Å². The fourth-order valence-electron chi connectivity index (χ4n) is 3.65. The Labute approximate surface area is 160 Å². The first-order valence-corrected chi connectivity index (χ1v) is 9.77. The maximum atomic E-state index is 12.5. The maximum Gasteiger partial charge on any atom is 0.269 e. The monoisotopic (exact) mass is 368 g/mol. The van der Waals surface area contributed by atoms with E-state index in [0.717, 1.165) is 50.3 Å². The van der Waals surface area contributed by atoms with Crippen LogP contribution in [0, 0.1) is 5.92 Å². The van der Waals surface area contributed by atoms with Crippen molar-refractivity contribution in [3.63, 3.8) is 0 Å². The van der Waals surface area contributed by atoms with Crippen molar-refractivity contribution in [3.05, 3.63) is 58.5 Å². The third-order valence-electron chi connectivity index (χ3n) is 5.31. The first-order valence-electron chi connectivity index (χ1n) is 9.77. The van der Waals surface area contributed by atoms with E-state index in [9.17, 15) is 9.59 Å². The van der Waals surface area contributed by atoms with Crippen molar-refractivity contribution < 1.29 is 4.79 Å². The van der Waals surface area contributed by atoms with Crippen LogP contribution < -0.4 is 10.5 Å². The second-order valence-corrected chi connectivity index (χ2v) is 6.97. The molecule has 1 aromatic carbocycles. The number of rotatable bonds is 6. The largest absolute Gasteiger partial charge is 0.370 e. The van der Waals surface area contributed by atoms with E-state index in [0.29, 0.717) is 6.54 Å². The molecule has 0 N–H and O–H groups in total. The van der Waals surface area contributed by atoms with Gasteiger partial charge in [-0.05, 0) is 32.3 Å². The van der Waals surface area contributed by atoms with Crippen LogP contribution in [-0.2, 0) is 11.3 Å². The molecule has 1 aliphatic rings. The van der Waals surface area contributed by atoms with Gasteiger partial charge in [-0.3, -0.25) is 9.59 Å². The molecule has 0 spiro atoms. The molecule has 1 amide bonds. The SMILES string of the molecule is CCN(CC)C(=O)C1CCN(c2cnn(Cc3ccccc3)c(=O)c2)CC1. The van der Waals surface area contributed by atoms with Crippen molar-refractivity contribution in [2.45, 2.75) is 33.2 Å². The molecule has 0 bridgehead atoms. The van der Waals surface area contributed by atoms with Crippen LogP contribution in [0.1, 0.15) is 32.3 Å². The molecule has 3 rings (SSSR count). The molecule has 6 nitrogen and oxygen atoms in total. The molecule has 6 heteroatoms. The summed E-state index contributed by atoms with van der Waals surface area (Å²) in [4.78, 5) is 29.0. The molecular formula is C21H28N4O2. The van der Waals surface area contributed by atoms with Crippen molar-refractivity contribution in [1.82, 2.24) is 14.7 Å². The van der Waals surface area contributed by atoms with Crippen molar-refractivity contribution in [2.75, 3.05) is 31.1 Å². The average Bonchev–Trinajstić information content (AvgIpc) is 2.71. The molecule has 0 radical (unpaired) electrons. The second kappa shape index (κ2) is 8.84. The molecule has 144 valence electrons. The Morgan fingerprint density at radius 3 is 2.41 bits per heavy atom. The number of carbonyl (C=O) groups is 1. The Morgan fingerprint density at radius 2 is 1.81 bits per heavy atom. The van der Waals surface area contributed by atoms with Crippen LogP contribution in [0.25, 0.3) is 0 Å². The predicted molar refractivity (Wildman–Crippen MR) is 107 cm³/mol. The van der Waals surface area contributed by atoms with Crippen LogP contribution in [0.2, 0.25) is 0 Å². The number of nitrogens with zero attached hydrogens (tertiary/aromatic N) is 4. The molecule has 0 atom stereocenters. The lowest BCUT2D eigenvalue weighted by molar-refractivity contribution is -0.135. The van der Waals surface area contributed by atoms with Gasteiger partial charge in [0.1, 0.15) is 0 Å². The fraction of sp³-hybridized carbons (Fsp3) is 0.476. The lowest BCUT2D eigenvalue weighted by Crippen LogP contribution is -2.43. The van der Waals surface area contributed by atoms with Crippen molar-refractivity contribution >= 4 is 11.6 Å². The summed E-state index contributed by atoms with van der Waals surface area (Å²) in [7, 11) is 0. The van der Waals surface area contributed by atoms with Crippen molar-refractivity contribution in [3.8, 4) is 0 Å². The number of hydrogen-bond donors (Lipinski definition) is 0. The topological polar surface area (TPSA) is 58.4 Å². The minimum atomic E-state index is -0.0994. The molecule has 1 aliphatic heterocycles. The van der Waals surface area contributed by atoms with Crippen LogP contribution in [0.3, 0.4) is 0 Å². The van der Waals surface area contributed by atoms with Gasteiger partial charge < -0.3 is 9.80 Å². The number of hydrogen-bond acceptors (Lipinski definition) is 4. The highest BCUT2D eigenvalue weighted by atomic mass is 16.2. The number of aromatic nitrogens is 2. The molecule has 1 saturated heterocycles. The quantitative estimate of drug-likeness (QED) is 0.785. The van der Waals surface area contributed by atoms with Crippen LogP contribution in [0.15, 0.2) is 47.4 Å². The highest BCUT2D eigenvalue weighted by Gasteiger charge is 2.27. The highest BCUT2D eigenvalue weighted by molar-refractivity contribution is 5.79. The standard InChI is InChI=1S/C21H28N4O2/c1-3-23(4-2)21(27)18-10-12-24(13-11-18)19-14-20(26)25(22-15-19)16-17-8-6-5-7-9-17/h5-9,14-15,18H,3-4,10-13,16H2,1-2H3. The second-order valence-electron chi connectivity index (χ2n) is 6.97. The van der Waals surface area contributed by atoms with E-state index in [4.69, 9.17) is 0 Å². The lowest BCUT2D eigenvalue weighted by Gasteiger charge is -2.34. The van der Waals surface area contributed by atoms with E-state index in [2.05, 4.69) is 10.00 Å². The zero-order valence-corrected chi connectivity index (χ0v) is 16.2. The Balaban J connectivity index is 1.62. The minimum Gasteiger partial charge on any atom is -0.370 e. The summed E-state index contributed by atoms with van der Waals surface area (Å²) in [6.45, 7) is 7.60. The molecular weight excluding hydrogens is 340 g/mol. The third-order valence-corrected chi connectivity index (χ3v) is 5.31. The number of carbonyl (C=O) groups excluding carboxylic acids is 1. The Morgan fingerprint density at radius 1 is 1.15 bits per heavy atom. The first kappa shape index (κ1) is 19.1. The summed E-state index contributed by atoms with van der Waals surface area (Å²) in [6.07, 6.45) is 3.40. The van der Waals surface area contributed by atoms with Gasteiger partial charge in [-0.2, -0.15) is 5.10 Å². The molecule has 1 fully saturated rings. The molecule has 0 aliphatic carbocycles. The van der Waals surface area contributed by atoms with Crippen LogP contribution in [0.4, 0.5) is 5.69 Å². The molecule has 2 aromatic rings. The summed E-state index contributed by atoms with van der Waals surface area (Å²) in [5.74, 6) is 0.351. The lowest BCUT2D eigenvalue weighted by atomic mass is 9.95. The summed E-state index contributed by atoms with van der Waals surface area (Å²) in [5.41, 5.74) is 1.80. The average molecular weight is 368 g/mol. The van der Waals surface area contributed by atoms with Gasteiger partial charge in [0, 0.05) is 38.2 Å². The van der Waals surface area contributed by atoms with Gasteiger partial charge in [-0.1, -0.05) is 30.3 Å². The van der Waals surface area contributed by atoms with E-state index in [-0.39, 0.29) is 17.4 Å². The van der Waals surface area contributed by atoms with E-state index in [1.165, 1.54) is 4.68 Å². The molecule has 0 saturated carbocycles. The molecule has 1 aromatic heterocycles. The van der Waals surface area contributed by atoms with Gasteiger partial charge in [-0.25, -0.2) is 4.68 Å². The van der Waals surface area contributed by atoms with E-state index in [1.807, 2.05) is 49.1 Å². The van der Waals surface area contributed by atoms with Crippen molar-refractivity contribution in [1.29, 1.82) is 0 Å². The van der Waals surface area contributed by atoms with Crippen LogP contribution in [-0.4, -0.2) is 46.8 Å². The first-order chi connectivity index (χ1) is 13.1. The van der Waals surface area contributed by atoms with Gasteiger partial charge >= 0.3 is 0 Å². The normalized spacial score (nSPS) is 15.0. The third kappa shape index (κ3) is 4.56. The molecule has 2 heterocycles. The summed E-state index contributed by atoms with van der Waals surface area (Å²) < 4.78 is 1.48. The van der Waals surface area contributed by atoms with Crippen LogP contribution in [0.5, 0.6) is 0 Å². The maximum absolute atomic E-state index is 12.5. The Kier molecular flexibility index (Phi) is 6.27. The summed E-state index contributed by atoms with van der Waals surface area (Å²) >= 11 is 0. The van der Waals surface area contributed by atoms with Gasteiger partial charge in [0.15, 0.2) is 0 Å². The van der Waals surface area contributed by atoms with E-state index < -0.39 is 0 Å². The smallest absolute Gasteiger partial charge is 0.269 e. The number of amides is 1. The minimum absolute atomic E-state index is 0.0903. The number of anilines is 1. The zero-order chi connectivity index (χ0) is 19.2. The van der Waals surface area contributed by atoms with Crippen LogP contribution >= 0.6 is 0 Å². The van der Waals surface area contributed by atoms with Gasteiger partial charge in [0.2, 0.25) is 5.91 Å². The Bertz CT molecular complexity index is 806. The zero-order valence-electron chi connectivity index (χ0n) is 16.2. The summed E-state index contributed by atoms with van der Waals surface area (Å²) in [6, 6.07) is 11.5.